The third-order valence-corrected chi connectivity index (χ3v) is 4.03. The number of carbonyl (C=O) groups is 1. The van der Waals surface area contributed by atoms with Crippen molar-refractivity contribution in [1.29, 1.82) is 0 Å². The fourth-order valence-corrected chi connectivity index (χ4v) is 3.37. The summed E-state index contributed by atoms with van der Waals surface area (Å²) in [4.78, 5) is 12.0. The van der Waals surface area contributed by atoms with Crippen LogP contribution in [0.1, 0.15) is 59.8 Å². The Bertz CT molecular complexity index is 268. The van der Waals surface area contributed by atoms with Crippen LogP contribution < -0.4 is 5.73 Å². The Hall–Kier alpha value is -0.570. The standard InChI is InChI=1S/C16H31NO2/c1-11(2)5-14(10-17)9-16(18)19-15-7-12(3)6-13(4)8-15/h11-15H,5-10,17H2,1-4H3/t12?,13?,14-,15?/m0/s1. The lowest BCUT2D eigenvalue weighted by atomic mass is 9.82. The summed E-state index contributed by atoms with van der Waals surface area (Å²) in [7, 11) is 0. The number of hydrogen-bond acceptors (Lipinski definition) is 3. The zero-order chi connectivity index (χ0) is 14.4. The highest BCUT2D eigenvalue weighted by Gasteiger charge is 2.27. The van der Waals surface area contributed by atoms with Crippen LogP contribution in [0.25, 0.3) is 0 Å². The molecule has 19 heavy (non-hydrogen) atoms. The second-order valence-electron chi connectivity index (χ2n) is 6.96. The van der Waals surface area contributed by atoms with Crippen LogP contribution in [0, 0.1) is 23.7 Å². The number of ether oxygens (including phenoxy) is 1. The van der Waals surface area contributed by atoms with Gasteiger partial charge < -0.3 is 10.5 Å². The van der Waals surface area contributed by atoms with E-state index in [4.69, 9.17) is 10.5 Å². The highest BCUT2D eigenvalue weighted by Crippen LogP contribution is 2.30. The smallest absolute Gasteiger partial charge is 0.306 e. The number of nitrogens with two attached hydrogens (primary N) is 1. The molecular formula is C16H31NO2. The number of carbonyl (C=O) groups excluding carboxylic acids is 1. The minimum Gasteiger partial charge on any atom is -0.462 e. The minimum atomic E-state index is -0.0533. The van der Waals surface area contributed by atoms with E-state index in [0.29, 0.717) is 30.7 Å². The normalized spacial score (nSPS) is 29.3. The highest BCUT2D eigenvalue weighted by molar-refractivity contribution is 5.69. The number of rotatable bonds is 6. The number of esters is 1. The summed E-state index contributed by atoms with van der Waals surface area (Å²) in [6, 6.07) is 0. The van der Waals surface area contributed by atoms with E-state index in [1.807, 2.05) is 0 Å². The van der Waals surface area contributed by atoms with Gasteiger partial charge in [0.1, 0.15) is 6.10 Å². The van der Waals surface area contributed by atoms with Crippen LogP contribution in [0.4, 0.5) is 0 Å². The molecule has 112 valence electrons. The summed E-state index contributed by atoms with van der Waals surface area (Å²) >= 11 is 0. The SMILES string of the molecule is CC(C)C[C@H](CN)CC(=O)OC1CC(C)CC(C)C1. The molecule has 0 spiro atoms. The summed E-state index contributed by atoms with van der Waals surface area (Å²) in [6.45, 7) is 9.40. The lowest BCUT2D eigenvalue weighted by Gasteiger charge is -2.31. The molecule has 3 nitrogen and oxygen atoms in total. The molecule has 0 radical (unpaired) electrons. The first kappa shape index (κ1) is 16.5. The molecule has 0 amide bonds. The average molecular weight is 269 g/mol. The van der Waals surface area contributed by atoms with Gasteiger partial charge in [-0.25, -0.2) is 0 Å². The monoisotopic (exact) mass is 269 g/mol. The van der Waals surface area contributed by atoms with Crippen molar-refractivity contribution in [1.82, 2.24) is 0 Å². The van der Waals surface area contributed by atoms with E-state index < -0.39 is 0 Å². The highest BCUT2D eigenvalue weighted by atomic mass is 16.5. The Balaban J connectivity index is 2.37. The molecule has 1 fully saturated rings. The van der Waals surface area contributed by atoms with E-state index in [1.54, 1.807) is 0 Å². The van der Waals surface area contributed by atoms with E-state index in [2.05, 4.69) is 27.7 Å². The summed E-state index contributed by atoms with van der Waals surface area (Å²) in [5.41, 5.74) is 5.74. The summed E-state index contributed by atoms with van der Waals surface area (Å²) in [6.07, 6.45) is 4.91. The van der Waals surface area contributed by atoms with Crippen molar-refractivity contribution < 1.29 is 9.53 Å². The molecule has 0 bridgehead atoms. The van der Waals surface area contributed by atoms with Crippen molar-refractivity contribution in [3.63, 3.8) is 0 Å². The second-order valence-corrected chi connectivity index (χ2v) is 6.96. The van der Waals surface area contributed by atoms with Gasteiger partial charge in [0.05, 0.1) is 0 Å². The van der Waals surface area contributed by atoms with Gasteiger partial charge in [-0.05, 0) is 55.9 Å². The van der Waals surface area contributed by atoms with Crippen LogP contribution in [-0.4, -0.2) is 18.6 Å². The minimum absolute atomic E-state index is 0.0533. The molecule has 0 saturated heterocycles. The van der Waals surface area contributed by atoms with E-state index >= 15 is 0 Å². The van der Waals surface area contributed by atoms with E-state index in [-0.39, 0.29) is 18.0 Å². The lowest BCUT2D eigenvalue weighted by Crippen LogP contribution is -2.30. The van der Waals surface area contributed by atoms with Crippen LogP contribution in [-0.2, 0) is 9.53 Å². The van der Waals surface area contributed by atoms with Crippen LogP contribution in [0.3, 0.4) is 0 Å². The van der Waals surface area contributed by atoms with Crippen LogP contribution in [0.15, 0.2) is 0 Å². The van der Waals surface area contributed by atoms with Crippen LogP contribution >= 0.6 is 0 Å². The van der Waals surface area contributed by atoms with Crippen molar-refractivity contribution in [2.75, 3.05) is 6.54 Å². The molecule has 0 aromatic rings. The first-order valence-corrected chi connectivity index (χ1v) is 7.80. The largest absolute Gasteiger partial charge is 0.462 e. The number of hydrogen-bond donors (Lipinski definition) is 1. The Labute approximate surface area is 118 Å². The van der Waals surface area contributed by atoms with Crippen molar-refractivity contribution in [3.8, 4) is 0 Å². The molecule has 1 aliphatic rings. The summed E-state index contributed by atoms with van der Waals surface area (Å²) in [5, 5.41) is 0. The Morgan fingerprint density at radius 2 is 1.79 bits per heavy atom. The summed E-state index contributed by atoms with van der Waals surface area (Å²) in [5.74, 6) is 2.13. The van der Waals surface area contributed by atoms with Crippen molar-refractivity contribution in [2.24, 2.45) is 29.4 Å². The molecule has 0 heterocycles. The topological polar surface area (TPSA) is 52.3 Å². The average Bonchev–Trinajstić information content (AvgIpc) is 2.25. The van der Waals surface area contributed by atoms with Gasteiger partial charge in [-0.3, -0.25) is 4.79 Å². The molecule has 2 unspecified atom stereocenters. The maximum atomic E-state index is 12.0. The van der Waals surface area contributed by atoms with E-state index in [1.165, 1.54) is 6.42 Å². The Morgan fingerprint density at radius 1 is 1.21 bits per heavy atom. The fraction of sp³-hybridized carbons (Fsp3) is 0.938. The molecule has 0 aromatic heterocycles. The Morgan fingerprint density at radius 3 is 2.26 bits per heavy atom. The quantitative estimate of drug-likeness (QED) is 0.752. The summed E-state index contributed by atoms with van der Waals surface area (Å²) < 4.78 is 5.65. The zero-order valence-corrected chi connectivity index (χ0v) is 13.0. The van der Waals surface area contributed by atoms with Gasteiger partial charge in [0.15, 0.2) is 0 Å². The molecule has 1 aliphatic carbocycles. The Kier molecular flexibility index (Phi) is 6.84. The molecule has 1 saturated carbocycles. The maximum absolute atomic E-state index is 12.0. The molecule has 3 heteroatoms. The van der Waals surface area contributed by atoms with Gasteiger partial charge in [-0.15, -0.1) is 0 Å². The van der Waals surface area contributed by atoms with Gasteiger partial charge in [-0.2, -0.15) is 0 Å². The third-order valence-electron chi connectivity index (χ3n) is 4.03. The first-order valence-electron chi connectivity index (χ1n) is 7.80. The molecule has 0 aromatic carbocycles. The molecule has 3 atom stereocenters. The van der Waals surface area contributed by atoms with Gasteiger partial charge in [0, 0.05) is 6.42 Å². The van der Waals surface area contributed by atoms with Crippen LogP contribution in [0.2, 0.25) is 0 Å². The van der Waals surface area contributed by atoms with E-state index in [0.717, 1.165) is 19.3 Å². The van der Waals surface area contributed by atoms with Gasteiger partial charge in [0.2, 0.25) is 0 Å². The van der Waals surface area contributed by atoms with Gasteiger partial charge in [-0.1, -0.05) is 27.7 Å². The third kappa shape index (κ3) is 6.42. The molecule has 1 rings (SSSR count). The second kappa shape index (κ2) is 7.88. The first-order chi connectivity index (χ1) is 8.90. The fourth-order valence-electron chi connectivity index (χ4n) is 3.37. The molecular weight excluding hydrogens is 238 g/mol. The maximum Gasteiger partial charge on any atom is 0.306 e. The van der Waals surface area contributed by atoms with Crippen molar-refractivity contribution in [3.05, 3.63) is 0 Å². The van der Waals surface area contributed by atoms with Gasteiger partial charge in [0.25, 0.3) is 0 Å². The van der Waals surface area contributed by atoms with E-state index in [9.17, 15) is 4.79 Å². The van der Waals surface area contributed by atoms with Gasteiger partial charge >= 0.3 is 5.97 Å². The lowest BCUT2D eigenvalue weighted by molar-refractivity contribution is -0.153. The zero-order valence-electron chi connectivity index (χ0n) is 13.0. The molecule has 0 aliphatic heterocycles. The predicted molar refractivity (Wildman–Crippen MR) is 78.7 cm³/mol. The van der Waals surface area contributed by atoms with Crippen molar-refractivity contribution >= 4 is 5.97 Å². The predicted octanol–water partition coefficient (Wildman–Crippen LogP) is 3.37. The van der Waals surface area contributed by atoms with Crippen molar-refractivity contribution in [2.45, 2.75) is 65.9 Å². The molecule has 2 N–H and O–H groups in total. The van der Waals surface area contributed by atoms with Crippen LogP contribution in [0.5, 0.6) is 0 Å².